The number of hydrogen-bond acceptors (Lipinski definition) is 4. The summed E-state index contributed by atoms with van der Waals surface area (Å²) in [6.07, 6.45) is 1.70. The molecule has 0 bridgehead atoms. The van der Waals surface area contributed by atoms with Crippen molar-refractivity contribution in [1.29, 1.82) is 0 Å². The Morgan fingerprint density at radius 1 is 1.29 bits per heavy atom. The second kappa shape index (κ2) is 5.79. The summed E-state index contributed by atoms with van der Waals surface area (Å²) >= 11 is 5.48. The molecule has 0 saturated carbocycles. The van der Waals surface area contributed by atoms with Crippen LogP contribution in [0.1, 0.15) is 26.7 Å². The number of hydrogen-bond donors (Lipinski definition) is 2. The first-order chi connectivity index (χ1) is 11.4. The fourth-order valence-corrected chi connectivity index (χ4v) is 4.43. The van der Waals surface area contributed by atoms with Gasteiger partial charge in [0.15, 0.2) is 5.11 Å². The summed E-state index contributed by atoms with van der Waals surface area (Å²) in [5.41, 5.74) is 0.706. The molecule has 3 fully saturated rings. The number of fused-ring (bicyclic) bond motifs is 2. The second-order valence-corrected chi connectivity index (χ2v) is 7.97. The van der Waals surface area contributed by atoms with E-state index < -0.39 is 0 Å². The fourth-order valence-electron chi connectivity index (χ4n) is 4.11. The normalized spacial score (nSPS) is 35.0. The van der Waals surface area contributed by atoms with E-state index in [4.69, 9.17) is 17.0 Å². The first-order valence-corrected chi connectivity index (χ1v) is 8.95. The monoisotopic (exact) mass is 345 g/mol. The zero-order valence-corrected chi connectivity index (χ0v) is 14.8. The predicted octanol–water partition coefficient (Wildman–Crippen LogP) is 2.03. The molecule has 5 nitrogen and oxygen atoms in total. The number of rotatable bonds is 1. The lowest BCUT2D eigenvalue weighted by Crippen LogP contribution is -2.71. The van der Waals surface area contributed by atoms with Gasteiger partial charge in [-0.2, -0.15) is 0 Å². The second-order valence-electron chi connectivity index (χ2n) is 7.59. The zero-order valence-electron chi connectivity index (χ0n) is 14.0. The quantitative estimate of drug-likeness (QED) is 0.763. The van der Waals surface area contributed by atoms with E-state index >= 15 is 0 Å². The van der Waals surface area contributed by atoms with Crippen molar-refractivity contribution in [3.8, 4) is 0 Å². The third kappa shape index (κ3) is 2.72. The van der Waals surface area contributed by atoms with Crippen LogP contribution < -0.4 is 15.5 Å². The zero-order chi connectivity index (χ0) is 16.9. The molecule has 1 aromatic rings. The molecule has 0 aromatic heterocycles. The summed E-state index contributed by atoms with van der Waals surface area (Å²) in [6.45, 7) is 4.95. The highest BCUT2D eigenvalue weighted by atomic mass is 32.1. The molecule has 4 atom stereocenters. The van der Waals surface area contributed by atoms with E-state index in [1.807, 2.05) is 30.3 Å². The van der Waals surface area contributed by atoms with Crippen LogP contribution in [0.25, 0.3) is 0 Å². The van der Waals surface area contributed by atoms with Crippen LogP contribution in [-0.4, -0.2) is 35.4 Å². The van der Waals surface area contributed by atoms with Crippen molar-refractivity contribution in [3.05, 3.63) is 30.3 Å². The van der Waals surface area contributed by atoms with Crippen molar-refractivity contribution < 1.29 is 9.53 Å². The van der Waals surface area contributed by atoms with Crippen molar-refractivity contribution in [1.82, 2.24) is 10.6 Å². The molecule has 3 heterocycles. The van der Waals surface area contributed by atoms with Crippen LogP contribution in [-0.2, 0) is 9.53 Å². The van der Waals surface area contributed by atoms with Gasteiger partial charge in [-0.1, -0.05) is 18.2 Å². The Morgan fingerprint density at radius 2 is 2.04 bits per heavy atom. The number of anilines is 1. The minimum atomic E-state index is -0.122. The van der Waals surface area contributed by atoms with E-state index in [-0.39, 0.29) is 23.6 Å². The molecule has 4 rings (SSSR count). The molecule has 24 heavy (non-hydrogen) atoms. The number of thiocarbonyl (C=S) groups is 1. The molecular formula is C18H23N3O2S. The summed E-state index contributed by atoms with van der Waals surface area (Å²) in [5.74, 6) is 0.322. The van der Waals surface area contributed by atoms with Gasteiger partial charge in [-0.25, -0.2) is 0 Å². The molecule has 2 N–H and O–H groups in total. The smallest absolute Gasteiger partial charge is 0.239 e. The maximum Gasteiger partial charge on any atom is 0.239 e. The third-order valence-corrected chi connectivity index (χ3v) is 5.66. The molecule has 6 heteroatoms. The molecule has 0 radical (unpaired) electrons. The number of benzene rings is 1. The lowest BCUT2D eigenvalue weighted by molar-refractivity contribution is -0.133. The SMILES string of the molecule is CC1(C)CC2NC3NC(=S)N(c4ccccc4)C(=O)C3CC2CO1. The van der Waals surface area contributed by atoms with Gasteiger partial charge in [0.1, 0.15) is 0 Å². The molecule has 0 spiro atoms. The number of carbonyl (C=O) groups excluding carboxylic acids is 1. The number of nitrogens with one attached hydrogen (secondary N) is 2. The number of nitrogens with zero attached hydrogens (tertiary/aromatic N) is 1. The standard InChI is InChI=1S/C18H23N3O2S/c1-18(2)9-14-11(10-23-18)8-13-15(19-14)20-17(24)21(16(13)22)12-6-4-3-5-7-12/h3-7,11,13-15,19H,8-10H2,1-2H3,(H,20,24). The van der Waals surface area contributed by atoms with Crippen LogP contribution >= 0.6 is 12.2 Å². The first kappa shape index (κ1) is 16.0. The Bertz CT molecular complexity index is 663. The Labute approximate surface area is 147 Å². The lowest BCUT2D eigenvalue weighted by atomic mass is 9.76. The molecule has 3 aliphatic heterocycles. The molecule has 1 amide bonds. The van der Waals surface area contributed by atoms with Crippen molar-refractivity contribution in [2.24, 2.45) is 11.8 Å². The fraction of sp³-hybridized carbons (Fsp3) is 0.556. The van der Waals surface area contributed by atoms with Gasteiger partial charge in [0, 0.05) is 6.04 Å². The van der Waals surface area contributed by atoms with Crippen LogP contribution in [0.3, 0.4) is 0 Å². The summed E-state index contributed by atoms with van der Waals surface area (Å²) in [7, 11) is 0. The lowest BCUT2D eigenvalue weighted by Gasteiger charge is -2.51. The van der Waals surface area contributed by atoms with Gasteiger partial charge in [-0.3, -0.25) is 15.0 Å². The van der Waals surface area contributed by atoms with E-state index in [0.29, 0.717) is 23.7 Å². The van der Waals surface area contributed by atoms with Crippen LogP contribution in [0, 0.1) is 11.8 Å². The van der Waals surface area contributed by atoms with Gasteiger partial charge in [-0.05, 0) is 57.0 Å². The summed E-state index contributed by atoms with van der Waals surface area (Å²) in [5, 5.41) is 7.44. The number of amides is 1. The maximum atomic E-state index is 13.1. The number of para-hydroxylation sites is 1. The van der Waals surface area contributed by atoms with E-state index in [9.17, 15) is 4.79 Å². The largest absolute Gasteiger partial charge is 0.375 e. The maximum absolute atomic E-state index is 13.1. The average molecular weight is 345 g/mol. The molecule has 128 valence electrons. The van der Waals surface area contributed by atoms with Crippen molar-refractivity contribution >= 4 is 28.9 Å². The van der Waals surface area contributed by atoms with E-state index in [0.717, 1.165) is 18.5 Å². The van der Waals surface area contributed by atoms with Gasteiger partial charge in [0.2, 0.25) is 5.91 Å². The molecule has 0 aliphatic carbocycles. The Balaban J connectivity index is 1.57. The minimum absolute atomic E-state index is 0.0748. The van der Waals surface area contributed by atoms with Crippen LogP contribution in [0.4, 0.5) is 5.69 Å². The van der Waals surface area contributed by atoms with Crippen LogP contribution in [0.5, 0.6) is 0 Å². The van der Waals surface area contributed by atoms with Crippen molar-refractivity contribution in [3.63, 3.8) is 0 Å². The van der Waals surface area contributed by atoms with Crippen molar-refractivity contribution in [2.75, 3.05) is 11.5 Å². The minimum Gasteiger partial charge on any atom is -0.375 e. The molecule has 3 aliphatic rings. The van der Waals surface area contributed by atoms with Gasteiger partial charge >= 0.3 is 0 Å². The highest BCUT2D eigenvalue weighted by molar-refractivity contribution is 7.80. The number of piperidine rings is 1. The van der Waals surface area contributed by atoms with Gasteiger partial charge in [0.05, 0.1) is 30.0 Å². The third-order valence-electron chi connectivity index (χ3n) is 5.36. The molecular weight excluding hydrogens is 322 g/mol. The van der Waals surface area contributed by atoms with Crippen LogP contribution in [0.15, 0.2) is 30.3 Å². The average Bonchev–Trinajstić information content (AvgIpc) is 2.54. The molecule has 4 unspecified atom stereocenters. The van der Waals surface area contributed by atoms with Gasteiger partial charge in [0.25, 0.3) is 0 Å². The van der Waals surface area contributed by atoms with Gasteiger partial charge in [-0.15, -0.1) is 0 Å². The predicted molar refractivity (Wildman–Crippen MR) is 96.6 cm³/mol. The van der Waals surface area contributed by atoms with E-state index in [1.165, 1.54) is 0 Å². The topological polar surface area (TPSA) is 53.6 Å². The summed E-state index contributed by atoms with van der Waals surface area (Å²) < 4.78 is 5.97. The first-order valence-electron chi connectivity index (χ1n) is 8.54. The summed E-state index contributed by atoms with van der Waals surface area (Å²) in [4.78, 5) is 14.7. The highest BCUT2D eigenvalue weighted by Gasteiger charge is 2.49. The Kier molecular flexibility index (Phi) is 3.86. The van der Waals surface area contributed by atoms with Crippen LogP contribution in [0.2, 0.25) is 0 Å². The molecule has 3 saturated heterocycles. The number of carbonyl (C=O) groups is 1. The van der Waals surface area contributed by atoms with Crippen molar-refractivity contribution in [2.45, 2.75) is 44.5 Å². The van der Waals surface area contributed by atoms with Gasteiger partial charge < -0.3 is 10.1 Å². The van der Waals surface area contributed by atoms with E-state index in [2.05, 4.69) is 24.5 Å². The number of ether oxygens (including phenoxy) is 1. The summed E-state index contributed by atoms with van der Waals surface area (Å²) in [6, 6.07) is 9.97. The Morgan fingerprint density at radius 3 is 2.79 bits per heavy atom. The Hall–Kier alpha value is -1.50. The highest BCUT2D eigenvalue weighted by Crippen LogP contribution is 2.37. The molecule has 1 aromatic carbocycles. The van der Waals surface area contributed by atoms with E-state index in [1.54, 1.807) is 4.90 Å².